The van der Waals surface area contributed by atoms with Crippen LogP contribution in [0, 0.1) is 10.5 Å². The van der Waals surface area contributed by atoms with E-state index < -0.39 is 0 Å². The zero-order chi connectivity index (χ0) is 8.43. The summed E-state index contributed by atoms with van der Waals surface area (Å²) in [5.74, 6) is 0.868. The number of halogens is 1. The monoisotopic (exact) mass is 280 g/mol. The first-order valence-electron chi connectivity index (χ1n) is 3.18. The fourth-order valence-electron chi connectivity index (χ4n) is 0.836. The molecule has 3 heteroatoms. The van der Waals surface area contributed by atoms with Gasteiger partial charge in [0.2, 0.25) is 0 Å². The highest BCUT2D eigenvalue weighted by atomic mass is 127. The molecule has 11 heavy (non-hydrogen) atoms. The van der Waals surface area contributed by atoms with Gasteiger partial charge in [-0.1, -0.05) is 0 Å². The van der Waals surface area contributed by atoms with Gasteiger partial charge in [-0.25, -0.2) is 0 Å². The summed E-state index contributed by atoms with van der Waals surface area (Å²) in [5, 5.41) is 0. The van der Waals surface area contributed by atoms with Crippen LogP contribution in [-0.4, -0.2) is 7.11 Å². The molecule has 0 saturated carbocycles. The van der Waals surface area contributed by atoms with Gasteiger partial charge in [-0.3, -0.25) is 0 Å². The number of hydrogen-bond donors (Lipinski definition) is 1. The molecule has 0 aliphatic rings. The predicted octanol–water partition coefficient (Wildman–Crippen LogP) is 2.90. The molecule has 0 fully saturated rings. The van der Waals surface area contributed by atoms with Crippen LogP contribution in [0.4, 0.5) is 0 Å². The summed E-state index contributed by atoms with van der Waals surface area (Å²) in [4.78, 5) is 0.974. The van der Waals surface area contributed by atoms with Crippen LogP contribution < -0.4 is 4.74 Å². The lowest BCUT2D eigenvalue weighted by Crippen LogP contribution is -1.87. The van der Waals surface area contributed by atoms with Crippen LogP contribution >= 0.6 is 35.2 Å². The first-order valence-corrected chi connectivity index (χ1v) is 4.71. The van der Waals surface area contributed by atoms with E-state index in [1.165, 1.54) is 9.13 Å². The summed E-state index contributed by atoms with van der Waals surface area (Å²) < 4.78 is 6.27. The van der Waals surface area contributed by atoms with Gasteiger partial charge in [-0.15, -0.1) is 12.6 Å². The molecule has 0 unspecified atom stereocenters. The molecule has 0 N–H and O–H groups in total. The molecule has 0 aromatic heterocycles. The van der Waals surface area contributed by atoms with Crippen LogP contribution in [0.5, 0.6) is 5.75 Å². The molecule has 0 aliphatic heterocycles. The van der Waals surface area contributed by atoms with Gasteiger partial charge in [0.05, 0.1) is 7.11 Å². The molecule has 0 spiro atoms. The van der Waals surface area contributed by atoms with Crippen LogP contribution in [0.25, 0.3) is 0 Å². The third-order valence-electron chi connectivity index (χ3n) is 1.44. The Bertz CT molecular complexity index is 250. The lowest BCUT2D eigenvalue weighted by molar-refractivity contribution is 0.413. The lowest BCUT2D eigenvalue weighted by atomic mass is 10.2. The molecule has 1 rings (SSSR count). The summed E-state index contributed by atoms with van der Waals surface area (Å²) in [6.07, 6.45) is 0. The van der Waals surface area contributed by atoms with Gasteiger partial charge in [0, 0.05) is 8.47 Å². The van der Waals surface area contributed by atoms with Crippen LogP contribution in [-0.2, 0) is 0 Å². The smallest absolute Gasteiger partial charge is 0.120 e. The Balaban J connectivity index is 3.21. The van der Waals surface area contributed by atoms with Crippen LogP contribution in [0.3, 0.4) is 0 Å². The molecule has 0 aliphatic carbocycles. The summed E-state index contributed by atoms with van der Waals surface area (Å²) in [7, 11) is 1.66. The normalized spacial score (nSPS) is 9.82. The Morgan fingerprint density at radius 3 is 2.55 bits per heavy atom. The molecular weight excluding hydrogens is 271 g/mol. The third kappa shape index (κ3) is 2.02. The third-order valence-corrected chi connectivity index (χ3v) is 3.66. The van der Waals surface area contributed by atoms with Crippen molar-refractivity contribution in [1.82, 2.24) is 0 Å². The molecule has 1 aromatic carbocycles. The largest absolute Gasteiger partial charge is 0.497 e. The van der Waals surface area contributed by atoms with E-state index in [0.29, 0.717) is 0 Å². The van der Waals surface area contributed by atoms with Crippen molar-refractivity contribution in [3.63, 3.8) is 0 Å². The number of rotatable bonds is 1. The first-order chi connectivity index (χ1) is 5.15. The van der Waals surface area contributed by atoms with Crippen molar-refractivity contribution in [1.29, 1.82) is 0 Å². The Hall–Kier alpha value is 0.1000. The lowest BCUT2D eigenvalue weighted by Gasteiger charge is -2.05. The van der Waals surface area contributed by atoms with Crippen LogP contribution in [0.2, 0.25) is 0 Å². The highest BCUT2D eigenvalue weighted by Gasteiger charge is 2.01. The molecule has 0 saturated heterocycles. The Kier molecular flexibility index (Phi) is 3.06. The Morgan fingerprint density at radius 2 is 2.09 bits per heavy atom. The van der Waals surface area contributed by atoms with Crippen molar-refractivity contribution in [3.8, 4) is 5.75 Å². The molecule has 60 valence electrons. The number of methoxy groups -OCH3 is 1. The second-order valence-electron chi connectivity index (χ2n) is 2.28. The maximum atomic E-state index is 5.08. The maximum Gasteiger partial charge on any atom is 0.120 e. The van der Waals surface area contributed by atoms with Gasteiger partial charge in [-0.2, -0.15) is 0 Å². The number of ether oxygens (including phenoxy) is 1. The van der Waals surface area contributed by atoms with E-state index in [-0.39, 0.29) is 0 Å². The average molecular weight is 280 g/mol. The zero-order valence-corrected chi connectivity index (χ0v) is 9.44. The molecule has 1 nitrogen and oxygen atoms in total. The van der Waals surface area contributed by atoms with E-state index in [4.69, 9.17) is 4.74 Å². The number of aryl methyl sites for hydroxylation is 1. The highest BCUT2D eigenvalue weighted by molar-refractivity contribution is 14.1. The second-order valence-corrected chi connectivity index (χ2v) is 3.84. The number of hydrogen-bond acceptors (Lipinski definition) is 2. The minimum atomic E-state index is 0.868. The number of benzene rings is 1. The molecule has 0 radical (unpaired) electrons. The summed E-state index contributed by atoms with van der Waals surface area (Å²) >= 11 is 6.57. The van der Waals surface area contributed by atoms with Gasteiger partial charge in [-0.05, 0) is 47.2 Å². The van der Waals surface area contributed by atoms with Gasteiger partial charge < -0.3 is 4.74 Å². The SMILES string of the molecule is COc1cc(C)c(I)c(S)c1. The molecule has 0 atom stereocenters. The second kappa shape index (κ2) is 3.67. The van der Waals surface area contributed by atoms with Crippen molar-refractivity contribution in [2.45, 2.75) is 11.8 Å². The molecule has 0 amide bonds. The van der Waals surface area contributed by atoms with E-state index in [1.54, 1.807) is 7.11 Å². The van der Waals surface area contributed by atoms with E-state index >= 15 is 0 Å². The Morgan fingerprint density at radius 1 is 1.45 bits per heavy atom. The first kappa shape index (κ1) is 9.19. The Labute approximate surface area is 85.7 Å². The van der Waals surface area contributed by atoms with Crippen LogP contribution in [0.1, 0.15) is 5.56 Å². The van der Waals surface area contributed by atoms with E-state index in [1.807, 2.05) is 19.1 Å². The standard InChI is InChI=1S/C8H9IOS/c1-5-3-6(10-2)4-7(11)8(5)9/h3-4,11H,1-2H3. The minimum absolute atomic E-state index is 0.868. The highest BCUT2D eigenvalue weighted by Crippen LogP contribution is 2.25. The van der Waals surface area contributed by atoms with Crippen LogP contribution in [0.15, 0.2) is 17.0 Å². The van der Waals surface area contributed by atoms with E-state index in [0.717, 1.165) is 10.6 Å². The van der Waals surface area contributed by atoms with Crippen molar-refractivity contribution in [3.05, 3.63) is 21.3 Å². The molecule has 0 heterocycles. The number of thiol groups is 1. The topological polar surface area (TPSA) is 9.23 Å². The quantitative estimate of drug-likeness (QED) is 0.614. The van der Waals surface area contributed by atoms with E-state index in [9.17, 15) is 0 Å². The predicted molar refractivity (Wildman–Crippen MR) is 57.7 cm³/mol. The summed E-state index contributed by atoms with van der Waals surface area (Å²) in [6.45, 7) is 2.05. The minimum Gasteiger partial charge on any atom is -0.497 e. The van der Waals surface area contributed by atoms with Gasteiger partial charge in [0.1, 0.15) is 5.75 Å². The van der Waals surface area contributed by atoms with Gasteiger partial charge in [0.25, 0.3) is 0 Å². The average Bonchev–Trinajstić information content (AvgIpc) is 1.99. The van der Waals surface area contributed by atoms with Crippen molar-refractivity contribution in [2.24, 2.45) is 0 Å². The zero-order valence-electron chi connectivity index (χ0n) is 6.39. The fraction of sp³-hybridized carbons (Fsp3) is 0.250. The summed E-state index contributed by atoms with van der Waals surface area (Å²) in [5.41, 5.74) is 1.20. The van der Waals surface area contributed by atoms with Crippen molar-refractivity contribution in [2.75, 3.05) is 7.11 Å². The maximum absolute atomic E-state index is 5.08. The molecule has 1 aromatic rings. The van der Waals surface area contributed by atoms with Crippen molar-refractivity contribution < 1.29 is 4.74 Å². The van der Waals surface area contributed by atoms with E-state index in [2.05, 4.69) is 35.2 Å². The fourth-order valence-corrected chi connectivity index (χ4v) is 1.45. The van der Waals surface area contributed by atoms with Gasteiger partial charge in [0.15, 0.2) is 0 Å². The summed E-state index contributed by atoms with van der Waals surface area (Å²) in [6, 6.07) is 3.92. The van der Waals surface area contributed by atoms with Gasteiger partial charge >= 0.3 is 0 Å². The molecule has 0 bridgehead atoms. The molecular formula is C8H9IOS. The van der Waals surface area contributed by atoms with Crippen molar-refractivity contribution >= 4 is 35.2 Å².